The van der Waals surface area contributed by atoms with E-state index in [4.69, 9.17) is 0 Å². The molecule has 0 saturated carbocycles. The number of thiol groups is 2. The van der Waals surface area contributed by atoms with E-state index in [1.54, 1.807) is 0 Å². The summed E-state index contributed by atoms with van der Waals surface area (Å²) in [6, 6.07) is 15.0. The fourth-order valence-electron chi connectivity index (χ4n) is 2.70. The van der Waals surface area contributed by atoms with Crippen molar-refractivity contribution < 1.29 is 26.1 Å². The van der Waals surface area contributed by atoms with Crippen LogP contribution >= 0.6 is 23.5 Å². The minimum absolute atomic E-state index is 0. The first kappa shape index (κ1) is 26.9. The minimum atomic E-state index is 0. The van der Waals surface area contributed by atoms with Crippen LogP contribution in [0, 0.1) is 0 Å². The molecule has 4 rings (SSSR count). The van der Waals surface area contributed by atoms with E-state index >= 15 is 0 Å². The van der Waals surface area contributed by atoms with Gasteiger partial charge in [0.2, 0.25) is 0 Å². The van der Waals surface area contributed by atoms with Crippen LogP contribution in [0.3, 0.4) is 0 Å². The van der Waals surface area contributed by atoms with Gasteiger partial charge in [-0.3, -0.25) is 20.2 Å². The van der Waals surface area contributed by atoms with Crippen LogP contribution in [0.4, 0.5) is 11.4 Å². The first-order valence-electron chi connectivity index (χ1n) is 9.07. The largest absolute Gasteiger partial charge is 0.519 e. The van der Waals surface area contributed by atoms with Gasteiger partial charge in [-0.25, -0.2) is 0 Å². The minimum Gasteiger partial charge on any atom is -0.519 e. The Bertz CT molecular complexity index is 1070. The molecular weight excluding hydrogens is 543 g/mol. The Labute approximate surface area is 220 Å². The van der Waals surface area contributed by atoms with Crippen LogP contribution < -0.4 is 10.6 Å². The molecule has 0 radical (unpaired) electrons. The molecule has 174 valence electrons. The average Bonchev–Trinajstić information content (AvgIpc) is 3.30. The fourth-order valence-corrected chi connectivity index (χ4v) is 3.03. The average molecular weight is 563 g/mol. The molecule has 2 amide bonds. The summed E-state index contributed by atoms with van der Waals surface area (Å²) in [5, 5.41) is 13.6. The van der Waals surface area contributed by atoms with Crippen LogP contribution in [0.5, 0.6) is 0 Å². The van der Waals surface area contributed by atoms with Crippen LogP contribution in [0.2, 0.25) is 0 Å². The Morgan fingerprint density at radius 2 is 1.12 bits per heavy atom. The van der Waals surface area contributed by atoms with Gasteiger partial charge in [-0.05, 0) is 24.6 Å². The maximum atomic E-state index is 9.67. The fraction of sp³-hybridized carbons (Fsp3) is 0.100. The maximum absolute atomic E-state index is 9.67. The number of nitrogens with one attached hydrogen (secondary N) is 2. The predicted octanol–water partition coefficient (Wildman–Crippen LogP) is 2.84. The standard InChI is InChI=1S/2C10H9N3OS2.Ni/c2*1-16-10(15)13-12-8-6-4-2-3-5-7(6)11-9(8)14;/h2*2-5H,1H3,(H2,11,12,13,14,15);/p+2. The van der Waals surface area contributed by atoms with E-state index in [1.807, 2.05) is 61.0 Å². The van der Waals surface area contributed by atoms with Gasteiger partial charge in [-0.1, -0.05) is 59.9 Å². The van der Waals surface area contributed by atoms with Crippen molar-refractivity contribution >= 4 is 91.2 Å². The number of hydrogen-bond acceptors (Lipinski definition) is 4. The third-order valence-corrected chi connectivity index (χ3v) is 6.32. The molecule has 13 heteroatoms. The maximum Gasteiger partial charge on any atom is 0.443 e. The summed E-state index contributed by atoms with van der Waals surface area (Å²) in [5.41, 5.74) is 12.0. The van der Waals surface area contributed by atoms with Crippen molar-refractivity contribution in [2.45, 2.75) is 0 Å². The summed E-state index contributed by atoms with van der Waals surface area (Å²) < 4.78 is 1.09. The van der Waals surface area contributed by atoms with Crippen molar-refractivity contribution in [3.63, 3.8) is 0 Å². The van der Waals surface area contributed by atoms with Gasteiger partial charge in [0.05, 0.1) is 11.4 Å². The van der Waals surface area contributed by atoms with Crippen LogP contribution in [0.1, 0.15) is 11.1 Å². The molecule has 0 bridgehead atoms. The van der Waals surface area contributed by atoms with Crippen LogP contribution in [0.25, 0.3) is 10.9 Å². The summed E-state index contributed by atoms with van der Waals surface area (Å²) in [5.74, 6) is 0.0411. The summed E-state index contributed by atoms with van der Waals surface area (Å²) in [6.07, 6.45) is 3.72. The van der Waals surface area contributed by atoms with E-state index in [1.165, 1.54) is 23.5 Å². The summed E-state index contributed by atoms with van der Waals surface area (Å²) in [4.78, 5) is 19.3. The van der Waals surface area contributed by atoms with Gasteiger partial charge in [-0.15, -0.1) is 0 Å². The van der Waals surface area contributed by atoms with Crippen LogP contribution in [0.15, 0.2) is 58.7 Å². The topological polar surface area (TPSA) is 120 Å². The van der Waals surface area contributed by atoms with E-state index in [0.717, 1.165) is 22.5 Å². The number of thioether (sulfide) groups is 2. The molecular formula is C20H20N6NiO2S4+2. The van der Waals surface area contributed by atoms with Gasteiger partial charge in [0.1, 0.15) is 0 Å². The molecule has 4 N–H and O–H groups in total. The van der Waals surface area contributed by atoms with Crippen molar-refractivity contribution in [2.75, 3.05) is 23.1 Å². The van der Waals surface area contributed by atoms with E-state index in [-0.39, 0.29) is 28.3 Å². The molecule has 2 aromatic carbocycles. The first-order chi connectivity index (χ1) is 15.4. The number of rotatable bonds is 2. The second-order valence-corrected chi connectivity index (χ2v) is 9.15. The van der Waals surface area contributed by atoms with Gasteiger partial charge in [-0.2, -0.15) is 0 Å². The summed E-state index contributed by atoms with van der Waals surface area (Å²) in [6.45, 7) is 0. The SMILES string of the molecule is CSC(=[SH+])[N-]N=C1C(=[OH+])Nc2ccccc21.CSC(=[SH+])[N-]N=C1C(=[OH+])Nc2ccccc21.[Ni]. The zero-order chi connectivity index (χ0) is 23.1. The molecule has 0 unspecified atom stereocenters. The normalized spacial score (nSPS) is 15.3. The Kier molecular flexibility index (Phi) is 10.5. The molecule has 2 heterocycles. The second-order valence-electron chi connectivity index (χ2n) is 6.11. The van der Waals surface area contributed by atoms with E-state index in [2.05, 4.69) is 56.1 Å². The van der Waals surface area contributed by atoms with Crippen molar-refractivity contribution in [1.82, 2.24) is 0 Å². The number of benzene rings is 2. The smallest absolute Gasteiger partial charge is 0.443 e. The van der Waals surface area contributed by atoms with Gasteiger partial charge in [0.25, 0.3) is 0 Å². The number of amides is 2. The van der Waals surface area contributed by atoms with Crippen molar-refractivity contribution in [3.8, 4) is 0 Å². The number of carbonyl (C=O) groups excluding carboxylic acids is 2. The van der Waals surface area contributed by atoms with Gasteiger partial charge >= 0.3 is 11.8 Å². The molecule has 0 spiro atoms. The van der Waals surface area contributed by atoms with Crippen LogP contribution in [-0.2, 0) is 40.9 Å². The zero-order valence-corrected chi connectivity index (χ0v) is 21.7. The number of para-hydroxylation sites is 2. The molecule has 0 aliphatic carbocycles. The summed E-state index contributed by atoms with van der Waals surface area (Å²) in [7, 11) is 0. The Morgan fingerprint density at radius 3 is 1.48 bits per heavy atom. The molecule has 2 aromatic rings. The molecule has 0 atom stereocenters. The number of fused-ring (bicyclic) bond motifs is 2. The Balaban J connectivity index is 0.000000227. The molecule has 8 nitrogen and oxygen atoms in total. The van der Waals surface area contributed by atoms with Gasteiger partial charge in [0, 0.05) is 27.6 Å². The molecule has 2 aliphatic rings. The molecule has 0 aromatic heterocycles. The van der Waals surface area contributed by atoms with Crippen molar-refractivity contribution in [2.24, 2.45) is 10.2 Å². The Morgan fingerprint density at radius 1 is 0.758 bits per heavy atom. The molecule has 33 heavy (non-hydrogen) atoms. The molecule has 0 fully saturated rings. The van der Waals surface area contributed by atoms with Crippen LogP contribution in [-0.4, -0.2) is 54.0 Å². The number of anilines is 2. The quantitative estimate of drug-likeness (QED) is 0.192. The third-order valence-electron chi connectivity index (χ3n) is 4.16. The van der Waals surface area contributed by atoms with E-state index < -0.39 is 0 Å². The Hall–Kier alpha value is -2.31. The zero-order valence-electron chi connectivity index (χ0n) is 17.3. The third kappa shape index (κ3) is 6.84. The number of hydrogen-bond donors (Lipinski definition) is 2. The van der Waals surface area contributed by atoms with E-state index in [9.17, 15) is 9.59 Å². The molecule has 0 saturated heterocycles. The predicted molar refractivity (Wildman–Crippen MR) is 148 cm³/mol. The summed E-state index contributed by atoms with van der Waals surface area (Å²) >= 11 is 11.0. The first-order valence-corrected chi connectivity index (χ1v) is 12.4. The second kappa shape index (κ2) is 12.8. The van der Waals surface area contributed by atoms with Crippen molar-refractivity contribution in [1.29, 1.82) is 0 Å². The van der Waals surface area contributed by atoms with Crippen molar-refractivity contribution in [3.05, 3.63) is 70.5 Å². The number of nitrogens with zero attached hydrogens (tertiary/aromatic N) is 4. The van der Waals surface area contributed by atoms with E-state index in [0.29, 0.717) is 20.1 Å². The molecule has 2 aliphatic heterocycles. The van der Waals surface area contributed by atoms with Gasteiger partial charge in [0.15, 0.2) is 44.5 Å². The monoisotopic (exact) mass is 562 g/mol. The van der Waals surface area contributed by atoms with Gasteiger partial charge < -0.3 is 21.1 Å².